The molecule has 1 aromatic carbocycles. The summed E-state index contributed by atoms with van der Waals surface area (Å²) in [7, 11) is 0. The number of H-pyrrole nitrogens is 1. The maximum atomic E-state index is 12.4. The first-order valence-electron chi connectivity index (χ1n) is 7.50. The van der Waals surface area contributed by atoms with Crippen molar-refractivity contribution in [2.45, 2.75) is 37.6 Å². The van der Waals surface area contributed by atoms with E-state index in [9.17, 15) is 4.79 Å². The Balaban J connectivity index is 1.49. The molecule has 1 fully saturated rings. The molecule has 21 heavy (non-hydrogen) atoms. The van der Waals surface area contributed by atoms with Crippen LogP contribution < -0.4 is 5.32 Å². The van der Waals surface area contributed by atoms with Crippen molar-refractivity contribution in [1.29, 1.82) is 0 Å². The molecule has 1 heterocycles. The van der Waals surface area contributed by atoms with Gasteiger partial charge in [-0.2, -0.15) is 5.10 Å². The van der Waals surface area contributed by atoms with Crippen LogP contribution in [-0.4, -0.2) is 21.1 Å². The number of aromatic nitrogens is 3. The Morgan fingerprint density at radius 2 is 2.33 bits per heavy atom. The molecule has 2 N–H and O–H groups in total. The summed E-state index contributed by atoms with van der Waals surface area (Å²) < 4.78 is 0. The van der Waals surface area contributed by atoms with Crippen LogP contribution in [0.3, 0.4) is 0 Å². The highest BCUT2D eigenvalue weighted by Gasteiger charge is 2.59. The van der Waals surface area contributed by atoms with Crippen molar-refractivity contribution < 1.29 is 4.79 Å². The lowest BCUT2D eigenvalue weighted by atomic mass is 9.78. The lowest BCUT2D eigenvalue weighted by Gasteiger charge is -2.26. The molecule has 5 heteroatoms. The monoisotopic (exact) mass is 282 g/mol. The Bertz CT molecular complexity index is 667. The highest BCUT2D eigenvalue weighted by molar-refractivity contribution is 5.84. The van der Waals surface area contributed by atoms with Crippen molar-refractivity contribution >= 4 is 5.91 Å². The van der Waals surface area contributed by atoms with Gasteiger partial charge in [-0.15, -0.1) is 0 Å². The molecule has 1 aromatic heterocycles. The summed E-state index contributed by atoms with van der Waals surface area (Å²) in [6.07, 6.45) is 5.89. The smallest absolute Gasteiger partial charge is 0.224 e. The molecule has 108 valence electrons. The predicted octanol–water partition coefficient (Wildman–Crippen LogP) is 1.72. The van der Waals surface area contributed by atoms with Gasteiger partial charge in [-0.05, 0) is 36.8 Å². The van der Waals surface area contributed by atoms with E-state index in [0.717, 1.165) is 19.3 Å². The van der Waals surface area contributed by atoms with Crippen LogP contribution in [0.5, 0.6) is 0 Å². The Labute approximate surface area is 123 Å². The van der Waals surface area contributed by atoms with E-state index < -0.39 is 0 Å². The fourth-order valence-electron chi connectivity index (χ4n) is 3.79. The molecular formula is C16H18N4O. The van der Waals surface area contributed by atoms with Gasteiger partial charge in [0.15, 0.2) is 0 Å². The standard InChI is InChI=1S/C16H18N4O/c21-15(17-9-14-18-10-19-20-14)13-8-16(13)7-3-5-11-4-1-2-6-12(11)16/h1-2,4,6,10,13H,3,5,7-9H2,(H,17,21)(H,18,19,20). The van der Waals surface area contributed by atoms with E-state index in [1.165, 1.54) is 23.9 Å². The molecule has 4 rings (SSSR count). The maximum absolute atomic E-state index is 12.4. The number of nitrogens with one attached hydrogen (secondary N) is 2. The van der Waals surface area contributed by atoms with Gasteiger partial charge in [0, 0.05) is 11.3 Å². The van der Waals surface area contributed by atoms with Crippen molar-refractivity contribution in [2.75, 3.05) is 0 Å². The van der Waals surface area contributed by atoms with Crippen molar-refractivity contribution in [2.24, 2.45) is 5.92 Å². The number of benzene rings is 1. The molecule has 1 saturated carbocycles. The molecule has 0 aliphatic heterocycles. The van der Waals surface area contributed by atoms with Crippen LogP contribution in [0.2, 0.25) is 0 Å². The summed E-state index contributed by atoms with van der Waals surface area (Å²) in [6, 6.07) is 8.60. The Hall–Kier alpha value is -2.17. The second-order valence-corrected chi connectivity index (χ2v) is 6.07. The third-order valence-electron chi connectivity index (χ3n) is 4.91. The van der Waals surface area contributed by atoms with Gasteiger partial charge in [0.25, 0.3) is 0 Å². The van der Waals surface area contributed by atoms with Crippen LogP contribution in [0.25, 0.3) is 0 Å². The average molecular weight is 282 g/mol. The molecule has 2 atom stereocenters. The number of carbonyl (C=O) groups is 1. The van der Waals surface area contributed by atoms with Crippen LogP contribution in [0, 0.1) is 5.92 Å². The molecule has 5 nitrogen and oxygen atoms in total. The van der Waals surface area contributed by atoms with Crippen molar-refractivity contribution in [1.82, 2.24) is 20.5 Å². The molecule has 0 saturated heterocycles. The molecule has 2 aliphatic carbocycles. The molecule has 1 amide bonds. The first-order valence-corrected chi connectivity index (χ1v) is 7.50. The summed E-state index contributed by atoms with van der Waals surface area (Å²) in [5.74, 6) is 0.951. The summed E-state index contributed by atoms with van der Waals surface area (Å²) in [5, 5.41) is 9.53. The first-order chi connectivity index (χ1) is 10.3. The average Bonchev–Trinajstić information content (AvgIpc) is 2.98. The number of hydrogen-bond acceptors (Lipinski definition) is 3. The largest absolute Gasteiger partial charge is 0.349 e. The zero-order valence-corrected chi connectivity index (χ0v) is 11.8. The van der Waals surface area contributed by atoms with Gasteiger partial charge in [0.2, 0.25) is 5.91 Å². The Kier molecular flexibility index (Phi) is 2.80. The number of amides is 1. The third-order valence-corrected chi connectivity index (χ3v) is 4.91. The fraction of sp³-hybridized carbons (Fsp3) is 0.438. The summed E-state index contributed by atoms with van der Waals surface area (Å²) >= 11 is 0. The number of nitrogens with zero attached hydrogens (tertiary/aromatic N) is 2. The minimum atomic E-state index is 0.0976. The maximum Gasteiger partial charge on any atom is 0.224 e. The molecule has 1 spiro atoms. The number of fused-ring (bicyclic) bond motifs is 2. The van der Waals surface area contributed by atoms with E-state index in [4.69, 9.17) is 0 Å². The zero-order chi connectivity index (χ0) is 14.3. The zero-order valence-electron chi connectivity index (χ0n) is 11.8. The highest BCUT2D eigenvalue weighted by atomic mass is 16.2. The van der Waals surface area contributed by atoms with Crippen molar-refractivity contribution in [3.8, 4) is 0 Å². The molecule has 0 bridgehead atoms. The molecule has 0 radical (unpaired) electrons. The lowest BCUT2D eigenvalue weighted by Crippen LogP contribution is -2.30. The van der Waals surface area contributed by atoms with Gasteiger partial charge in [-0.3, -0.25) is 9.89 Å². The fourth-order valence-corrected chi connectivity index (χ4v) is 3.79. The van der Waals surface area contributed by atoms with Crippen LogP contribution in [0.1, 0.15) is 36.2 Å². The number of aryl methyl sites for hydroxylation is 1. The minimum Gasteiger partial charge on any atom is -0.349 e. The quantitative estimate of drug-likeness (QED) is 0.900. The van der Waals surface area contributed by atoms with Crippen molar-refractivity contribution in [3.63, 3.8) is 0 Å². The normalized spacial score (nSPS) is 26.4. The highest BCUT2D eigenvalue weighted by Crippen LogP contribution is 2.60. The topological polar surface area (TPSA) is 70.7 Å². The summed E-state index contributed by atoms with van der Waals surface area (Å²) in [6.45, 7) is 0.424. The molecular weight excluding hydrogens is 264 g/mol. The predicted molar refractivity (Wildman–Crippen MR) is 77.4 cm³/mol. The van der Waals surface area contributed by atoms with E-state index in [1.54, 1.807) is 0 Å². The van der Waals surface area contributed by atoms with E-state index in [1.807, 2.05) is 0 Å². The third kappa shape index (κ3) is 2.04. The van der Waals surface area contributed by atoms with Crippen LogP contribution in [0.15, 0.2) is 30.6 Å². The van der Waals surface area contributed by atoms with Crippen molar-refractivity contribution in [3.05, 3.63) is 47.5 Å². The minimum absolute atomic E-state index is 0.0976. The number of carbonyl (C=O) groups excluding carboxylic acids is 1. The number of aromatic amines is 1. The van der Waals surface area contributed by atoms with E-state index in [0.29, 0.717) is 12.4 Å². The molecule has 2 aliphatic rings. The molecule has 2 unspecified atom stereocenters. The van der Waals surface area contributed by atoms with Gasteiger partial charge < -0.3 is 5.32 Å². The lowest BCUT2D eigenvalue weighted by molar-refractivity contribution is -0.123. The van der Waals surface area contributed by atoms with Crippen LogP contribution >= 0.6 is 0 Å². The SMILES string of the molecule is O=C(NCc1ncn[nH]1)C1CC12CCCc1ccccc12. The second-order valence-electron chi connectivity index (χ2n) is 6.07. The van der Waals surface area contributed by atoms with E-state index in [2.05, 4.69) is 44.8 Å². The number of hydrogen-bond donors (Lipinski definition) is 2. The van der Waals surface area contributed by atoms with Gasteiger partial charge in [0.05, 0.1) is 6.54 Å². The van der Waals surface area contributed by atoms with Gasteiger partial charge in [-0.1, -0.05) is 24.3 Å². The summed E-state index contributed by atoms with van der Waals surface area (Å²) in [4.78, 5) is 16.4. The van der Waals surface area contributed by atoms with Gasteiger partial charge in [-0.25, -0.2) is 4.98 Å². The Morgan fingerprint density at radius 1 is 1.43 bits per heavy atom. The van der Waals surface area contributed by atoms with Gasteiger partial charge in [0.1, 0.15) is 12.2 Å². The van der Waals surface area contributed by atoms with Crippen LogP contribution in [0.4, 0.5) is 0 Å². The number of rotatable bonds is 3. The molecule has 2 aromatic rings. The second kappa shape index (κ2) is 4.69. The van der Waals surface area contributed by atoms with Gasteiger partial charge >= 0.3 is 0 Å². The van der Waals surface area contributed by atoms with Crippen LogP contribution in [-0.2, 0) is 23.2 Å². The first kappa shape index (κ1) is 12.6. The van der Waals surface area contributed by atoms with E-state index >= 15 is 0 Å². The summed E-state index contributed by atoms with van der Waals surface area (Å²) in [5.41, 5.74) is 2.92. The Morgan fingerprint density at radius 3 is 3.19 bits per heavy atom. The van der Waals surface area contributed by atoms with E-state index in [-0.39, 0.29) is 17.2 Å².